The second-order valence-corrected chi connectivity index (χ2v) is 14.3. The van der Waals surface area contributed by atoms with Crippen LogP contribution in [0.4, 0.5) is 0 Å². The van der Waals surface area contributed by atoms with Gasteiger partial charge in [0.1, 0.15) is 6.61 Å². The number of carbonyl (C=O) groups is 2. The molecule has 0 aliphatic rings. The fraction of sp³-hybridized carbons (Fsp3) is 0.707. The van der Waals surface area contributed by atoms with Crippen molar-refractivity contribution >= 4 is 19.8 Å². The van der Waals surface area contributed by atoms with Crippen LogP contribution in [0.3, 0.4) is 0 Å². The third kappa shape index (κ3) is 37.3. The molecule has 0 saturated heterocycles. The molecule has 51 heavy (non-hydrogen) atoms. The van der Waals surface area contributed by atoms with E-state index in [9.17, 15) is 19.0 Å². The summed E-state index contributed by atoms with van der Waals surface area (Å²) in [6.07, 6.45) is 42.6. The molecule has 0 bridgehead atoms. The molecule has 3 N–H and O–H groups in total. The second kappa shape index (κ2) is 37.5. The third-order valence-corrected chi connectivity index (χ3v) is 8.98. The van der Waals surface area contributed by atoms with Gasteiger partial charge in [-0.1, -0.05) is 158 Å². The maximum atomic E-state index is 12.5. The minimum Gasteiger partial charge on any atom is -0.462 e. The number of ether oxygens (including phenoxy) is 2. The van der Waals surface area contributed by atoms with Crippen LogP contribution in [-0.2, 0) is 32.7 Å². The van der Waals surface area contributed by atoms with Crippen LogP contribution in [0.1, 0.15) is 155 Å². The van der Waals surface area contributed by atoms with Gasteiger partial charge in [0.25, 0.3) is 0 Å². The first-order valence-corrected chi connectivity index (χ1v) is 21.3. The van der Waals surface area contributed by atoms with Crippen LogP contribution in [0.5, 0.6) is 0 Å². The van der Waals surface area contributed by atoms with Crippen molar-refractivity contribution < 1.29 is 37.6 Å². The number of esters is 2. The van der Waals surface area contributed by atoms with Gasteiger partial charge in [-0.25, -0.2) is 4.57 Å². The van der Waals surface area contributed by atoms with Gasteiger partial charge in [0.2, 0.25) is 0 Å². The SMILES string of the molecule is CC/C=C/C=C/C=C/C=C/CCCCCCCC(=O)OC[C@H](COP(=O)(O)OCCN)OC(=O)CC/C=C/CCCCCCCCCCCCC. The molecular formula is C41H72NO8P. The highest BCUT2D eigenvalue weighted by Crippen LogP contribution is 2.43. The summed E-state index contributed by atoms with van der Waals surface area (Å²) in [7, 11) is -4.39. The van der Waals surface area contributed by atoms with Crippen molar-refractivity contribution in [1.82, 2.24) is 0 Å². The van der Waals surface area contributed by atoms with E-state index < -0.39 is 32.5 Å². The molecule has 10 heteroatoms. The summed E-state index contributed by atoms with van der Waals surface area (Å²) >= 11 is 0. The Bertz CT molecular complexity index is 1020. The second-order valence-electron chi connectivity index (χ2n) is 12.9. The summed E-state index contributed by atoms with van der Waals surface area (Å²) in [6, 6.07) is 0. The summed E-state index contributed by atoms with van der Waals surface area (Å²) in [5, 5.41) is 0. The number of rotatable bonds is 36. The van der Waals surface area contributed by atoms with Crippen molar-refractivity contribution in [2.45, 2.75) is 161 Å². The Morgan fingerprint density at radius 3 is 1.75 bits per heavy atom. The lowest BCUT2D eigenvalue weighted by atomic mass is 10.1. The Balaban J connectivity index is 4.30. The first-order chi connectivity index (χ1) is 24.8. The minimum absolute atomic E-state index is 0.0426. The molecule has 0 saturated carbocycles. The predicted molar refractivity (Wildman–Crippen MR) is 210 cm³/mol. The Morgan fingerprint density at radius 1 is 0.608 bits per heavy atom. The van der Waals surface area contributed by atoms with Gasteiger partial charge in [-0.2, -0.15) is 0 Å². The Hall–Kier alpha value is -2.29. The van der Waals surface area contributed by atoms with E-state index in [4.69, 9.17) is 24.3 Å². The first kappa shape index (κ1) is 48.7. The molecule has 2 atom stereocenters. The molecular weight excluding hydrogens is 665 g/mol. The number of hydrogen-bond acceptors (Lipinski definition) is 8. The summed E-state index contributed by atoms with van der Waals surface area (Å²) in [4.78, 5) is 34.7. The number of carbonyl (C=O) groups excluding carboxylic acids is 2. The highest BCUT2D eigenvalue weighted by atomic mass is 31.2. The Morgan fingerprint density at radius 2 is 1.14 bits per heavy atom. The lowest BCUT2D eigenvalue weighted by Crippen LogP contribution is -2.29. The van der Waals surface area contributed by atoms with E-state index in [0.717, 1.165) is 51.4 Å². The van der Waals surface area contributed by atoms with E-state index in [0.29, 0.717) is 12.8 Å². The van der Waals surface area contributed by atoms with Crippen molar-refractivity contribution in [2.75, 3.05) is 26.4 Å². The number of allylic oxidation sites excluding steroid dienone is 10. The average Bonchev–Trinajstić information content (AvgIpc) is 3.11. The van der Waals surface area contributed by atoms with Gasteiger partial charge >= 0.3 is 19.8 Å². The highest BCUT2D eigenvalue weighted by molar-refractivity contribution is 7.47. The van der Waals surface area contributed by atoms with E-state index in [1.807, 2.05) is 36.5 Å². The zero-order chi connectivity index (χ0) is 37.5. The topological polar surface area (TPSA) is 134 Å². The van der Waals surface area contributed by atoms with E-state index >= 15 is 0 Å². The molecule has 0 aromatic rings. The highest BCUT2D eigenvalue weighted by Gasteiger charge is 2.25. The van der Waals surface area contributed by atoms with E-state index in [2.05, 4.69) is 38.2 Å². The van der Waals surface area contributed by atoms with Gasteiger partial charge in [0.15, 0.2) is 6.10 Å². The number of nitrogens with two attached hydrogens (primary N) is 1. The van der Waals surface area contributed by atoms with Gasteiger partial charge in [0, 0.05) is 19.4 Å². The normalized spacial score (nSPS) is 14.0. The van der Waals surface area contributed by atoms with E-state index in [-0.39, 0.29) is 32.6 Å². The molecule has 9 nitrogen and oxygen atoms in total. The monoisotopic (exact) mass is 737 g/mol. The van der Waals surface area contributed by atoms with Crippen LogP contribution in [0.15, 0.2) is 60.8 Å². The van der Waals surface area contributed by atoms with Crippen LogP contribution in [0.2, 0.25) is 0 Å². The maximum Gasteiger partial charge on any atom is 0.472 e. The lowest BCUT2D eigenvalue weighted by molar-refractivity contribution is -0.161. The van der Waals surface area contributed by atoms with Crippen molar-refractivity contribution in [3.05, 3.63) is 60.8 Å². The lowest BCUT2D eigenvalue weighted by Gasteiger charge is -2.19. The Labute approximate surface area is 310 Å². The Kier molecular flexibility index (Phi) is 35.8. The van der Waals surface area contributed by atoms with Crippen LogP contribution >= 0.6 is 7.82 Å². The van der Waals surface area contributed by atoms with Crippen LogP contribution in [-0.4, -0.2) is 49.3 Å². The van der Waals surface area contributed by atoms with Gasteiger partial charge < -0.3 is 20.1 Å². The molecule has 0 radical (unpaired) electrons. The molecule has 0 aromatic heterocycles. The molecule has 294 valence electrons. The fourth-order valence-electron chi connectivity index (χ4n) is 5.07. The van der Waals surface area contributed by atoms with Crippen molar-refractivity contribution in [3.8, 4) is 0 Å². The molecule has 0 amide bonds. The van der Waals surface area contributed by atoms with Gasteiger partial charge in [0.05, 0.1) is 13.2 Å². The molecule has 1 unspecified atom stereocenters. The van der Waals surface area contributed by atoms with Crippen molar-refractivity contribution in [2.24, 2.45) is 5.73 Å². The smallest absolute Gasteiger partial charge is 0.462 e. The van der Waals surface area contributed by atoms with Crippen LogP contribution < -0.4 is 5.73 Å². The standard InChI is InChI=1S/C41H72NO8P/c1-3-5-7-9-11-13-15-17-19-21-23-25-27-29-31-33-40(43)47-37-39(38-49-51(45,46)48-36-35-42)50-41(44)34-32-30-28-26-24-22-20-18-16-14-12-10-8-6-4-2/h5,7,9,11,13,15,17,19,28,30,39H,3-4,6,8,10,12,14,16,18,20-27,29,31-38,42H2,1-2H3,(H,45,46)/b7-5+,11-9+,15-13+,19-17+,30-28+/t39-/m1/s1. The number of hydrogen-bond donors (Lipinski definition) is 2. The molecule has 0 spiro atoms. The quantitative estimate of drug-likeness (QED) is 0.0212. The average molecular weight is 738 g/mol. The maximum absolute atomic E-state index is 12.5. The molecule has 0 aromatic carbocycles. The molecule has 0 rings (SSSR count). The summed E-state index contributed by atoms with van der Waals surface area (Å²) in [5.41, 5.74) is 5.33. The molecule has 0 heterocycles. The zero-order valence-corrected chi connectivity index (χ0v) is 33.0. The summed E-state index contributed by atoms with van der Waals surface area (Å²) < 4.78 is 32.6. The summed E-state index contributed by atoms with van der Waals surface area (Å²) in [5.74, 6) is -0.918. The van der Waals surface area contributed by atoms with Gasteiger partial charge in [-0.05, 0) is 44.9 Å². The molecule has 0 aliphatic heterocycles. The van der Waals surface area contributed by atoms with Crippen LogP contribution in [0.25, 0.3) is 0 Å². The predicted octanol–water partition coefficient (Wildman–Crippen LogP) is 10.9. The number of phosphoric ester groups is 1. The summed E-state index contributed by atoms with van der Waals surface area (Å²) in [6.45, 7) is 3.51. The molecule has 0 fully saturated rings. The van der Waals surface area contributed by atoms with E-state index in [1.165, 1.54) is 64.2 Å². The van der Waals surface area contributed by atoms with Gasteiger partial charge in [-0.3, -0.25) is 18.6 Å². The van der Waals surface area contributed by atoms with E-state index in [1.54, 1.807) is 0 Å². The largest absolute Gasteiger partial charge is 0.472 e. The minimum atomic E-state index is -4.39. The van der Waals surface area contributed by atoms with Crippen molar-refractivity contribution in [1.29, 1.82) is 0 Å². The third-order valence-electron chi connectivity index (χ3n) is 8.00. The number of phosphoric acid groups is 1. The van der Waals surface area contributed by atoms with Gasteiger partial charge in [-0.15, -0.1) is 0 Å². The van der Waals surface area contributed by atoms with Crippen LogP contribution in [0, 0.1) is 0 Å². The zero-order valence-electron chi connectivity index (χ0n) is 32.1. The first-order valence-electron chi connectivity index (χ1n) is 19.8. The van der Waals surface area contributed by atoms with Crippen molar-refractivity contribution in [3.63, 3.8) is 0 Å². The number of unbranched alkanes of at least 4 members (excludes halogenated alkanes) is 16. The molecule has 0 aliphatic carbocycles. The fourth-order valence-corrected chi connectivity index (χ4v) is 5.84.